The van der Waals surface area contributed by atoms with E-state index in [0.29, 0.717) is 36.3 Å². The van der Waals surface area contributed by atoms with Crippen LogP contribution in [0.15, 0.2) is 123 Å². The number of nitrogens with one attached hydrogen (secondary N) is 6. The maximum atomic E-state index is 13.5. The van der Waals surface area contributed by atoms with E-state index in [1.807, 2.05) is 24.3 Å². The van der Waals surface area contributed by atoms with Crippen molar-refractivity contribution in [2.45, 2.75) is 185 Å². The van der Waals surface area contributed by atoms with Gasteiger partial charge in [0.05, 0.1) is 36.4 Å². The summed E-state index contributed by atoms with van der Waals surface area (Å²) in [7, 11) is -3.15. The first-order chi connectivity index (χ1) is 48.3. The Morgan fingerprint density at radius 2 is 0.705 bits per heavy atom. The zero-order chi connectivity index (χ0) is 79.8. The molecule has 0 spiro atoms. The molecular formula is C74H98Br3F6IK3N6O10PZn. The van der Waals surface area contributed by atoms with Gasteiger partial charge in [-0.2, -0.15) is 5.41 Å². The normalized spacial score (nSPS) is 12.8. The minimum absolute atomic E-state index is 0. The van der Waals surface area contributed by atoms with Crippen LogP contribution in [0.25, 0.3) is 0 Å². The molecule has 0 saturated heterocycles. The van der Waals surface area contributed by atoms with Crippen LogP contribution in [0.3, 0.4) is 0 Å². The van der Waals surface area contributed by atoms with Gasteiger partial charge in [-0.25, -0.2) is 31.0 Å². The molecule has 0 aliphatic heterocycles. The summed E-state index contributed by atoms with van der Waals surface area (Å²) in [5.74, 6) is -5.10. The van der Waals surface area contributed by atoms with E-state index in [0.717, 1.165) is 67.6 Å². The molecule has 105 heavy (non-hydrogen) atoms. The first-order valence-corrected chi connectivity index (χ1v) is 62.1. The Morgan fingerprint density at radius 1 is 0.486 bits per heavy atom. The van der Waals surface area contributed by atoms with E-state index < -0.39 is 79.6 Å². The molecule has 0 bridgehead atoms. The van der Waals surface area contributed by atoms with Gasteiger partial charge in [-0.1, -0.05) is 141 Å². The number of benzene rings is 6. The molecule has 0 saturated carbocycles. The summed E-state index contributed by atoms with van der Waals surface area (Å²) in [4.78, 5) is 43.5. The molecule has 564 valence electrons. The second-order valence-electron chi connectivity index (χ2n) is 28.1. The van der Waals surface area contributed by atoms with Crippen molar-refractivity contribution in [1.29, 1.82) is 0 Å². The predicted octanol–water partition coefficient (Wildman–Crippen LogP) is 9.80. The Morgan fingerprint density at radius 3 is 0.952 bits per heavy atom. The summed E-state index contributed by atoms with van der Waals surface area (Å²) in [6.07, 6.45) is 0.423. The van der Waals surface area contributed by atoms with Crippen LogP contribution in [-0.4, -0.2) is 152 Å². The van der Waals surface area contributed by atoms with Crippen molar-refractivity contribution in [3.05, 3.63) is 215 Å². The van der Waals surface area contributed by atoms with Crippen LogP contribution in [0.2, 0.25) is 0 Å². The Kier molecular flexibility index (Phi) is 59.3. The van der Waals surface area contributed by atoms with Gasteiger partial charge in [0.2, 0.25) is 17.7 Å². The summed E-state index contributed by atoms with van der Waals surface area (Å²) >= 11 is 16.5. The van der Waals surface area contributed by atoms with Crippen LogP contribution in [0, 0.1) is 58.1 Å². The van der Waals surface area contributed by atoms with E-state index in [-0.39, 0.29) is 124 Å². The van der Waals surface area contributed by atoms with E-state index in [9.17, 15) is 56.0 Å². The number of hydrogen-bond donors (Lipinski definition) is 9. The van der Waals surface area contributed by atoms with Crippen molar-refractivity contribution in [3.63, 3.8) is 0 Å². The Hall–Kier alpha value is 0.752. The molecule has 7 atom stereocenters. The Labute approximate surface area is 752 Å². The molecule has 3 amide bonds. The van der Waals surface area contributed by atoms with Gasteiger partial charge in [0.15, 0.2) is 0 Å². The number of rotatable bonds is 28. The van der Waals surface area contributed by atoms with Gasteiger partial charge in [0, 0.05) is 91.7 Å². The summed E-state index contributed by atoms with van der Waals surface area (Å²) in [6.45, 7) is 31.6. The third kappa shape index (κ3) is 55.8. The minimum atomic E-state index is -3.15. The molecule has 31 heteroatoms. The van der Waals surface area contributed by atoms with Crippen molar-refractivity contribution in [2.75, 3.05) is 19.6 Å². The first-order valence-electron chi connectivity index (χ1n) is 33.6. The topological polar surface area (TPSA) is 256 Å². The van der Waals surface area contributed by atoms with Crippen LogP contribution < -0.4 is 93.4 Å². The quantitative estimate of drug-likeness (QED) is 0.00422. The molecule has 0 radical (unpaired) electrons. The van der Waals surface area contributed by atoms with Crippen molar-refractivity contribution in [1.82, 2.24) is 31.9 Å². The van der Waals surface area contributed by atoms with Gasteiger partial charge >= 0.3 is 157 Å². The second kappa shape index (κ2) is 57.7. The number of carbonyl (C=O) groups excluding carboxylic acids is 3. The zero-order valence-corrected chi connectivity index (χ0v) is 83.3. The Balaban J connectivity index is 0. The van der Waals surface area contributed by atoms with E-state index in [4.69, 9.17) is 14.7 Å². The molecular weight excluding hydrogens is 1830 g/mol. The average Bonchev–Trinajstić information content (AvgIpc) is 0.879. The maximum absolute atomic E-state index is 13.5. The average molecular weight is 1930 g/mol. The number of halogens is 10. The van der Waals surface area contributed by atoms with Crippen LogP contribution in [0.1, 0.15) is 140 Å². The van der Waals surface area contributed by atoms with E-state index in [2.05, 4.69) is 211 Å². The van der Waals surface area contributed by atoms with Crippen LogP contribution >= 0.6 is 75.8 Å². The monoisotopic (exact) mass is 1920 g/mol. The summed E-state index contributed by atoms with van der Waals surface area (Å²) < 4.78 is 95.0. The standard InChI is InChI=1S/C26H36F2N2O2.C24H31BrF2N2O2.C19H20Br2F2N2O2.C5H11.HI.3K.HO4P.Zn/c1-6-18-7-20(14-26(3,4)5)9-21(8-18)15-29-16-25(32)24(30-17(2)31)12-19-10-22(27)13-23(28)11-19;1-15(30)29-22(10-16-8-20(26)11-21(27)9-16)23(31)14-28-13-18-5-17(6-19(25)7-18)12-24(2,3)4;1-11(26)25-18(6-12-4-16(22)8-17(23)5-12)19(27)10-24-9-13-2-14(20)7-15(21)3-13;1-5(2,3)4;;;;;1-4-5(2)3;/h7-11,13,24-25,29,32H,6,12,14-16H2,1-5H3,(H,30,31);5-9,11,22-23,28,31H,10,12-14H2,1-4H3,(H,29,30);2-5,7-8,18-19,24,27H,6,9-10H2,1H3,(H,25,26);1H2,2-4H3;1H;;;;1H;/q;;;-1;;;;+1;;+2/p-2/t24-,25+;22-,23+;18-,19+;;;;;;;/m000......./s1. The van der Waals surface area contributed by atoms with Crippen molar-refractivity contribution in [3.8, 4) is 0 Å². The number of aliphatic hydroxyl groups excluding tert-OH is 3. The van der Waals surface area contributed by atoms with Crippen LogP contribution in [-0.2, 0) is 96.6 Å². The van der Waals surface area contributed by atoms with Gasteiger partial charge in [0.25, 0.3) is 0 Å². The number of amides is 3. The predicted molar refractivity (Wildman–Crippen MR) is 413 cm³/mol. The third-order valence-electron chi connectivity index (χ3n) is 13.7. The molecule has 0 aliphatic rings. The van der Waals surface area contributed by atoms with Crippen molar-refractivity contribution in [2.24, 2.45) is 16.2 Å². The fourth-order valence-electron chi connectivity index (χ4n) is 10.2. The molecule has 0 aliphatic carbocycles. The third-order valence-corrected chi connectivity index (χ3v) is 15.2. The molecule has 6 aromatic carbocycles. The SMILES string of the molecule is CC(=O)N[C@@H](Cc1cc(F)cc(F)c1)[C@H](O)CNCc1cc(Br)cc(Br)c1.CC(=O)N[C@@H](Cc1cc(F)cc(F)c1)[C@H](O)CNCc1cc(Br)cc(CC(C)(C)C)c1.CCc1cc(CNC[C@@H](O)[C@H](Cc2cc(F)cc(F)c2)NC(C)=O)cc(CC(C)(C)C)c1.O=[P+]([O-])O[O-].[CH2-]C(C)(C)C.[K+].[K][K].[Zn+][I]. The van der Waals surface area contributed by atoms with Gasteiger partial charge in [-0.15, -0.1) is 0 Å². The Bertz CT molecular complexity index is 3500. The number of carbonyl (C=O) groups is 3. The fourth-order valence-corrected chi connectivity index (χ4v) is 12.2. The van der Waals surface area contributed by atoms with Gasteiger partial charge in [-0.05, 0) is 171 Å². The molecule has 9 N–H and O–H groups in total. The summed E-state index contributed by atoms with van der Waals surface area (Å²) in [5, 5.41) is 57.9. The van der Waals surface area contributed by atoms with Gasteiger partial charge in [-0.3, -0.25) is 14.4 Å². The number of aliphatic hydroxyl groups is 3. The van der Waals surface area contributed by atoms with Crippen molar-refractivity contribution >= 4 is 157 Å². The van der Waals surface area contributed by atoms with Crippen molar-refractivity contribution < 1.29 is 142 Å². The van der Waals surface area contributed by atoms with E-state index in [1.54, 1.807) is 0 Å². The molecule has 1 unspecified atom stereocenters. The van der Waals surface area contributed by atoms with E-state index in [1.165, 1.54) is 152 Å². The number of hydrogen-bond acceptors (Lipinski definition) is 13. The fraction of sp³-hybridized carbons (Fsp3) is 0.459. The van der Waals surface area contributed by atoms with Crippen LogP contribution in [0.4, 0.5) is 26.3 Å². The van der Waals surface area contributed by atoms with Crippen LogP contribution in [0.5, 0.6) is 0 Å². The number of aryl methyl sites for hydroxylation is 1. The zero-order valence-electron chi connectivity index (χ0n) is 63.2. The molecule has 0 heterocycles. The molecule has 6 aromatic rings. The summed E-state index contributed by atoms with van der Waals surface area (Å²) in [6, 6.07) is 26.2. The van der Waals surface area contributed by atoms with Gasteiger partial charge < -0.3 is 64.3 Å². The van der Waals surface area contributed by atoms with Gasteiger partial charge in [0.1, 0.15) is 34.9 Å². The molecule has 16 nitrogen and oxygen atoms in total. The second-order valence-corrected chi connectivity index (χ2v) is 31.4. The summed E-state index contributed by atoms with van der Waals surface area (Å²) in [5.41, 5.74) is 8.72. The van der Waals surface area contributed by atoms with E-state index >= 15 is 0 Å². The first kappa shape index (κ1) is 108. The molecule has 6 rings (SSSR count). The molecule has 0 aromatic heterocycles. The molecule has 0 fully saturated rings.